The van der Waals surface area contributed by atoms with E-state index in [4.69, 9.17) is 10.5 Å². The number of hydrogen-bond acceptors (Lipinski definition) is 4. The van der Waals surface area contributed by atoms with Crippen LogP contribution in [0, 0.1) is 0 Å². The monoisotopic (exact) mass is 296 g/mol. The lowest BCUT2D eigenvalue weighted by Gasteiger charge is -2.38. The number of anilines is 1. The molecular formula is C14H20N2O3S. The van der Waals surface area contributed by atoms with Gasteiger partial charge in [-0.15, -0.1) is 0 Å². The third kappa shape index (κ3) is 2.38. The fourth-order valence-electron chi connectivity index (χ4n) is 2.86. The summed E-state index contributed by atoms with van der Waals surface area (Å²) in [6.07, 6.45) is 4.50. The average molecular weight is 296 g/mol. The summed E-state index contributed by atoms with van der Waals surface area (Å²) in [5.74, 6) is 0.473. The third-order valence-corrected chi connectivity index (χ3v) is 5.76. The Morgan fingerprint density at radius 2 is 2.05 bits per heavy atom. The van der Waals surface area contributed by atoms with Crippen LogP contribution >= 0.6 is 0 Å². The highest BCUT2D eigenvalue weighted by Gasteiger charge is 2.37. The van der Waals surface area contributed by atoms with Crippen LogP contribution < -0.4 is 15.2 Å². The summed E-state index contributed by atoms with van der Waals surface area (Å²) in [4.78, 5) is 0.181. The van der Waals surface area contributed by atoms with Gasteiger partial charge in [0, 0.05) is 11.2 Å². The molecule has 2 aliphatic rings. The highest BCUT2D eigenvalue weighted by molar-refractivity contribution is 7.89. The zero-order chi connectivity index (χ0) is 14.4. The number of rotatable bonds is 3. The van der Waals surface area contributed by atoms with Gasteiger partial charge in [0.05, 0.1) is 6.61 Å². The number of aryl methyl sites for hydroxylation is 1. The number of ether oxygens (including phenoxy) is 1. The van der Waals surface area contributed by atoms with E-state index < -0.39 is 10.0 Å². The molecule has 110 valence electrons. The smallest absolute Gasteiger partial charge is 0.244 e. The van der Waals surface area contributed by atoms with Gasteiger partial charge < -0.3 is 10.5 Å². The molecule has 0 aromatic heterocycles. The normalized spacial score (nSPS) is 20.6. The van der Waals surface area contributed by atoms with Crippen LogP contribution in [0.4, 0.5) is 5.69 Å². The molecule has 1 aromatic rings. The minimum absolute atomic E-state index is 0.181. The van der Waals surface area contributed by atoms with E-state index in [0.29, 0.717) is 18.0 Å². The summed E-state index contributed by atoms with van der Waals surface area (Å²) < 4.78 is 33.6. The van der Waals surface area contributed by atoms with Crippen molar-refractivity contribution in [3.8, 4) is 5.75 Å². The second kappa shape index (κ2) is 4.63. The van der Waals surface area contributed by atoms with E-state index in [2.05, 4.69) is 4.72 Å². The molecule has 0 bridgehead atoms. The van der Waals surface area contributed by atoms with Gasteiger partial charge in [-0.3, -0.25) is 0 Å². The van der Waals surface area contributed by atoms with Crippen molar-refractivity contribution < 1.29 is 13.2 Å². The van der Waals surface area contributed by atoms with Crippen LogP contribution in [0.5, 0.6) is 5.75 Å². The first kappa shape index (κ1) is 13.7. The predicted octanol–water partition coefficient (Wildman–Crippen LogP) is 1.81. The van der Waals surface area contributed by atoms with Crippen LogP contribution in [0.2, 0.25) is 0 Å². The number of nitrogens with two attached hydrogens (primary N) is 1. The Morgan fingerprint density at radius 1 is 1.30 bits per heavy atom. The van der Waals surface area contributed by atoms with Crippen molar-refractivity contribution in [3.05, 3.63) is 17.7 Å². The lowest BCUT2D eigenvalue weighted by molar-refractivity contribution is 0.246. The molecule has 5 nitrogen and oxygen atoms in total. The summed E-state index contributed by atoms with van der Waals surface area (Å²) in [7, 11) is -3.60. The van der Waals surface area contributed by atoms with E-state index in [1.165, 1.54) is 6.07 Å². The van der Waals surface area contributed by atoms with Crippen LogP contribution in [0.15, 0.2) is 17.0 Å². The van der Waals surface area contributed by atoms with Crippen molar-refractivity contribution in [3.63, 3.8) is 0 Å². The van der Waals surface area contributed by atoms with E-state index in [1.54, 1.807) is 6.07 Å². The van der Waals surface area contributed by atoms with E-state index in [0.717, 1.165) is 37.7 Å². The third-order valence-electron chi connectivity index (χ3n) is 4.12. The molecule has 0 unspecified atom stereocenters. The van der Waals surface area contributed by atoms with Crippen LogP contribution in [-0.4, -0.2) is 20.6 Å². The Balaban J connectivity index is 2.02. The van der Waals surface area contributed by atoms with Gasteiger partial charge in [0.1, 0.15) is 10.6 Å². The fraction of sp³-hybridized carbons (Fsp3) is 0.571. The van der Waals surface area contributed by atoms with E-state index in [1.807, 2.05) is 6.92 Å². The first-order chi connectivity index (χ1) is 9.40. The summed E-state index contributed by atoms with van der Waals surface area (Å²) in [6, 6.07) is 3.30. The first-order valence-electron chi connectivity index (χ1n) is 6.99. The first-order valence-corrected chi connectivity index (χ1v) is 8.47. The minimum atomic E-state index is -3.60. The highest BCUT2D eigenvalue weighted by Crippen LogP contribution is 2.37. The van der Waals surface area contributed by atoms with Crippen LogP contribution in [0.25, 0.3) is 0 Å². The molecule has 6 heteroatoms. The summed E-state index contributed by atoms with van der Waals surface area (Å²) >= 11 is 0. The number of fused-ring (bicyclic) bond motifs is 1. The molecule has 1 aliphatic heterocycles. The zero-order valence-electron chi connectivity index (χ0n) is 11.6. The molecule has 3 N–H and O–H groups in total. The Kier molecular flexibility index (Phi) is 3.17. The molecule has 1 saturated carbocycles. The van der Waals surface area contributed by atoms with Crippen molar-refractivity contribution in [2.45, 2.75) is 49.5 Å². The Morgan fingerprint density at radius 3 is 2.70 bits per heavy atom. The van der Waals surface area contributed by atoms with Crippen molar-refractivity contribution >= 4 is 15.7 Å². The maximum absolute atomic E-state index is 12.6. The summed E-state index contributed by atoms with van der Waals surface area (Å²) in [5.41, 5.74) is 6.86. The number of nitrogen functional groups attached to an aromatic ring is 1. The second-order valence-corrected chi connectivity index (χ2v) is 7.63. The van der Waals surface area contributed by atoms with Crippen LogP contribution in [-0.2, 0) is 16.4 Å². The molecule has 1 aromatic carbocycles. The van der Waals surface area contributed by atoms with Gasteiger partial charge in [-0.1, -0.05) is 0 Å². The number of hydrogen-bond donors (Lipinski definition) is 2. The molecule has 0 saturated heterocycles. The van der Waals surface area contributed by atoms with Crippen molar-refractivity contribution in [2.24, 2.45) is 0 Å². The minimum Gasteiger partial charge on any atom is -0.492 e. The zero-order valence-corrected chi connectivity index (χ0v) is 12.4. The second-order valence-electron chi connectivity index (χ2n) is 5.98. The van der Waals surface area contributed by atoms with E-state index >= 15 is 0 Å². The van der Waals surface area contributed by atoms with Gasteiger partial charge in [-0.25, -0.2) is 13.1 Å². The fourth-order valence-corrected chi connectivity index (χ4v) is 4.55. The van der Waals surface area contributed by atoms with Gasteiger partial charge in [0.25, 0.3) is 0 Å². The molecule has 0 spiro atoms. The van der Waals surface area contributed by atoms with Gasteiger partial charge in [-0.05, 0) is 56.7 Å². The molecule has 0 atom stereocenters. The van der Waals surface area contributed by atoms with Gasteiger partial charge in [-0.2, -0.15) is 0 Å². The maximum atomic E-state index is 12.6. The Labute approximate surface area is 119 Å². The molecule has 1 aliphatic carbocycles. The molecule has 0 radical (unpaired) electrons. The van der Waals surface area contributed by atoms with E-state index in [9.17, 15) is 8.42 Å². The van der Waals surface area contributed by atoms with Gasteiger partial charge in [0.15, 0.2) is 0 Å². The van der Waals surface area contributed by atoms with Crippen molar-refractivity contribution in [1.29, 1.82) is 0 Å². The molecule has 3 rings (SSSR count). The van der Waals surface area contributed by atoms with Crippen LogP contribution in [0.3, 0.4) is 0 Å². The lowest BCUT2D eigenvalue weighted by Crippen LogP contribution is -2.50. The Hall–Kier alpha value is -1.27. The quantitative estimate of drug-likeness (QED) is 0.834. The lowest BCUT2D eigenvalue weighted by atomic mass is 9.80. The van der Waals surface area contributed by atoms with Crippen molar-refractivity contribution in [2.75, 3.05) is 12.3 Å². The molecule has 1 fully saturated rings. The number of nitrogens with one attached hydrogen (secondary N) is 1. The molecular weight excluding hydrogens is 276 g/mol. The SMILES string of the molecule is CC1(NS(=O)(=O)c2cc(N)cc3c2OCCC3)CCC1. The Bertz CT molecular complexity index is 636. The largest absolute Gasteiger partial charge is 0.492 e. The van der Waals surface area contributed by atoms with E-state index in [-0.39, 0.29) is 10.4 Å². The number of benzene rings is 1. The standard InChI is InChI=1S/C14H20N2O3S/c1-14(5-3-6-14)16-20(17,18)12-9-11(15)8-10-4-2-7-19-13(10)12/h8-9,16H,2-7,15H2,1H3. The average Bonchev–Trinajstić information content (AvgIpc) is 2.35. The van der Waals surface area contributed by atoms with Crippen molar-refractivity contribution in [1.82, 2.24) is 4.72 Å². The molecule has 20 heavy (non-hydrogen) atoms. The predicted molar refractivity (Wildman–Crippen MR) is 77.2 cm³/mol. The van der Waals surface area contributed by atoms with Gasteiger partial charge in [0.2, 0.25) is 10.0 Å². The van der Waals surface area contributed by atoms with Gasteiger partial charge >= 0.3 is 0 Å². The summed E-state index contributed by atoms with van der Waals surface area (Å²) in [6.45, 7) is 2.49. The molecule has 1 heterocycles. The highest BCUT2D eigenvalue weighted by atomic mass is 32.2. The molecule has 0 amide bonds. The maximum Gasteiger partial charge on any atom is 0.244 e. The van der Waals surface area contributed by atoms with Crippen LogP contribution in [0.1, 0.15) is 38.2 Å². The topological polar surface area (TPSA) is 81.4 Å². The summed E-state index contributed by atoms with van der Waals surface area (Å²) in [5, 5.41) is 0. The number of sulfonamides is 1.